The first-order valence-corrected chi connectivity index (χ1v) is 5.59. The van der Waals surface area contributed by atoms with Gasteiger partial charge < -0.3 is 10.1 Å². The van der Waals surface area contributed by atoms with E-state index in [2.05, 4.69) is 4.98 Å². The number of aromatic amines is 1. The predicted molar refractivity (Wildman–Crippen MR) is 49.0 cm³/mol. The molecular weight excluding hydrogens is 265 g/mol. The van der Waals surface area contributed by atoms with Crippen LogP contribution in [0.2, 0.25) is 0 Å². The van der Waals surface area contributed by atoms with Crippen molar-refractivity contribution in [1.82, 2.24) is 9.71 Å². The molecule has 0 spiro atoms. The summed E-state index contributed by atoms with van der Waals surface area (Å²) >= 11 is 0. The van der Waals surface area contributed by atoms with E-state index in [1.165, 1.54) is 4.72 Å². The molecule has 0 amide bonds. The zero-order chi connectivity index (χ0) is 13.3. The fraction of sp³-hybridized carbons (Fsp3) is 0.286. The summed E-state index contributed by atoms with van der Waals surface area (Å²) < 4.78 is 59.5. The summed E-state index contributed by atoms with van der Waals surface area (Å²) in [5.74, 6) is -1.58. The molecule has 0 bridgehead atoms. The molecule has 1 rings (SSSR count). The smallest absolute Gasteiger partial charge is 0.402 e. The van der Waals surface area contributed by atoms with E-state index in [0.717, 1.165) is 12.3 Å². The zero-order valence-electron chi connectivity index (χ0n) is 8.08. The number of H-pyrrole nitrogens is 1. The molecule has 10 heteroatoms. The predicted octanol–water partition coefficient (Wildman–Crippen LogP) is 0.553. The van der Waals surface area contributed by atoms with Crippen LogP contribution in [0.1, 0.15) is 10.5 Å². The lowest BCUT2D eigenvalue weighted by atomic mass is 10.4. The minimum atomic E-state index is -4.72. The molecule has 6 nitrogen and oxygen atoms in total. The first kappa shape index (κ1) is 13.5. The summed E-state index contributed by atoms with van der Waals surface area (Å²) in [6.07, 6.45) is -3.71. The van der Waals surface area contributed by atoms with Crippen LogP contribution in [0.5, 0.6) is 0 Å². The van der Waals surface area contributed by atoms with E-state index in [4.69, 9.17) is 5.11 Å². The SMILES string of the molecule is O=C(O)c1[nH]ccc1S(=O)(=O)NCC(F)(F)F. The maximum absolute atomic E-state index is 11.8. The Morgan fingerprint density at radius 1 is 1.47 bits per heavy atom. The summed E-state index contributed by atoms with van der Waals surface area (Å²) in [5, 5.41) is 8.60. The van der Waals surface area contributed by atoms with E-state index in [-0.39, 0.29) is 0 Å². The quantitative estimate of drug-likeness (QED) is 0.745. The van der Waals surface area contributed by atoms with Crippen LogP contribution in [-0.2, 0) is 10.0 Å². The number of carbonyl (C=O) groups is 1. The molecule has 0 saturated carbocycles. The van der Waals surface area contributed by atoms with Gasteiger partial charge in [-0.25, -0.2) is 17.9 Å². The van der Waals surface area contributed by atoms with Crippen LogP contribution in [0.4, 0.5) is 13.2 Å². The third-order valence-electron chi connectivity index (χ3n) is 1.67. The highest BCUT2D eigenvalue weighted by Gasteiger charge is 2.31. The number of sulfonamides is 1. The second kappa shape index (κ2) is 4.37. The van der Waals surface area contributed by atoms with Gasteiger partial charge in [-0.05, 0) is 6.07 Å². The fourth-order valence-electron chi connectivity index (χ4n) is 1.00. The third kappa shape index (κ3) is 3.46. The number of hydrogen-bond acceptors (Lipinski definition) is 3. The molecule has 0 saturated heterocycles. The van der Waals surface area contributed by atoms with Gasteiger partial charge in [0.15, 0.2) is 0 Å². The van der Waals surface area contributed by atoms with Gasteiger partial charge in [-0.1, -0.05) is 0 Å². The van der Waals surface area contributed by atoms with Gasteiger partial charge in [-0.3, -0.25) is 0 Å². The van der Waals surface area contributed by atoms with Gasteiger partial charge in [0.05, 0.1) is 0 Å². The van der Waals surface area contributed by atoms with Crippen LogP contribution in [0.15, 0.2) is 17.2 Å². The maximum atomic E-state index is 11.8. The number of rotatable bonds is 4. The standard InChI is InChI=1S/C7H7F3N2O4S/c8-7(9,10)3-12-17(15,16)4-1-2-11-5(4)6(13)14/h1-2,11-12H,3H2,(H,13,14). The van der Waals surface area contributed by atoms with Crippen molar-refractivity contribution in [1.29, 1.82) is 0 Å². The summed E-state index contributed by atoms with van der Waals surface area (Å²) in [4.78, 5) is 12.0. The highest BCUT2D eigenvalue weighted by atomic mass is 32.2. The van der Waals surface area contributed by atoms with Crippen molar-refractivity contribution in [2.75, 3.05) is 6.54 Å². The summed E-state index contributed by atoms with van der Waals surface area (Å²) in [6, 6.07) is 0.863. The molecule has 1 heterocycles. The second-order valence-electron chi connectivity index (χ2n) is 2.96. The van der Waals surface area contributed by atoms with E-state index in [9.17, 15) is 26.4 Å². The number of hydrogen-bond donors (Lipinski definition) is 3. The van der Waals surface area contributed by atoms with Crippen molar-refractivity contribution in [3.8, 4) is 0 Å². The number of alkyl halides is 3. The van der Waals surface area contributed by atoms with Crippen LogP contribution < -0.4 is 4.72 Å². The molecule has 0 aromatic carbocycles. The third-order valence-corrected chi connectivity index (χ3v) is 3.12. The minimum absolute atomic E-state index is 0.695. The van der Waals surface area contributed by atoms with Gasteiger partial charge in [0.2, 0.25) is 10.0 Å². The molecule has 96 valence electrons. The van der Waals surface area contributed by atoms with Gasteiger partial charge in [-0.2, -0.15) is 13.2 Å². The lowest BCUT2D eigenvalue weighted by Gasteiger charge is -2.08. The summed E-state index contributed by atoms with van der Waals surface area (Å²) in [7, 11) is -4.51. The molecule has 0 radical (unpaired) electrons. The van der Waals surface area contributed by atoms with Crippen LogP contribution in [0.25, 0.3) is 0 Å². The van der Waals surface area contributed by atoms with Crippen molar-refractivity contribution in [3.63, 3.8) is 0 Å². The summed E-state index contributed by atoms with van der Waals surface area (Å²) in [5.41, 5.74) is -0.695. The minimum Gasteiger partial charge on any atom is -0.477 e. The van der Waals surface area contributed by atoms with E-state index in [0.29, 0.717) is 0 Å². The number of nitrogens with one attached hydrogen (secondary N) is 2. The molecule has 3 N–H and O–H groups in total. The van der Waals surface area contributed by atoms with E-state index >= 15 is 0 Å². The Morgan fingerprint density at radius 2 is 2.06 bits per heavy atom. The number of carboxylic acids is 1. The Labute approximate surface area is 93.5 Å². The first-order valence-electron chi connectivity index (χ1n) is 4.10. The molecule has 17 heavy (non-hydrogen) atoms. The van der Waals surface area contributed by atoms with Gasteiger partial charge in [0, 0.05) is 6.20 Å². The molecule has 1 aromatic heterocycles. The molecule has 0 aliphatic carbocycles. The number of halogens is 3. The maximum Gasteiger partial charge on any atom is 0.402 e. The van der Waals surface area contributed by atoms with Crippen molar-refractivity contribution in [3.05, 3.63) is 18.0 Å². The van der Waals surface area contributed by atoms with Crippen molar-refractivity contribution in [2.45, 2.75) is 11.1 Å². The Kier molecular flexibility index (Phi) is 3.48. The molecule has 0 atom stereocenters. The Morgan fingerprint density at radius 3 is 2.53 bits per heavy atom. The van der Waals surface area contributed by atoms with Crippen LogP contribution in [-0.4, -0.2) is 37.2 Å². The average Bonchev–Trinajstić information content (AvgIpc) is 2.62. The van der Waals surface area contributed by atoms with E-state index in [1.807, 2.05) is 0 Å². The van der Waals surface area contributed by atoms with E-state index < -0.39 is 39.3 Å². The Hall–Kier alpha value is -1.55. The van der Waals surface area contributed by atoms with Gasteiger partial charge in [0.25, 0.3) is 0 Å². The van der Waals surface area contributed by atoms with E-state index in [1.54, 1.807) is 0 Å². The largest absolute Gasteiger partial charge is 0.477 e. The van der Waals surface area contributed by atoms with Gasteiger partial charge >= 0.3 is 12.1 Å². The molecule has 1 aromatic rings. The van der Waals surface area contributed by atoms with Crippen LogP contribution in [0.3, 0.4) is 0 Å². The van der Waals surface area contributed by atoms with Gasteiger partial charge in [0.1, 0.15) is 17.1 Å². The Bertz CT molecular complexity index is 519. The zero-order valence-corrected chi connectivity index (χ0v) is 8.89. The lowest BCUT2D eigenvalue weighted by molar-refractivity contribution is -0.121. The number of aromatic nitrogens is 1. The molecule has 0 fully saturated rings. The molecular formula is C7H7F3N2O4S. The molecule has 0 aliphatic rings. The number of aromatic carboxylic acids is 1. The topological polar surface area (TPSA) is 99.3 Å². The lowest BCUT2D eigenvalue weighted by Crippen LogP contribution is -2.34. The normalized spacial score (nSPS) is 12.6. The number of carboxylic acid groups (broad SMARTS) is 1. The Balaban J connectivity index is 2.98. The summed E-state index contributed by atoms with van der Waals surface area (Å²) in [6.45, 7) is -1.76. The highest BCUT2D eigenvalue weighted by Crippen LogP contribution is 2.17. The monoisotopic (exact) mass is 272 g/mol. The van der Waals surface area contributed by atoms with Crippen LogP contribution >= 0.6 is 0 Å². The second-order valence-corrected chi connectivity index (χ2v) is 4.70. The highest BCUT2D eigenvalue weighted by molar-refractivity contribution is 7.89. The molecule has 0 aliphatic heterocycles. The molecule has 0 unspecified atom stereocenters. The average molecular weight is 272 g/mol. The van der Waals surface area contributed by atoms with Crippen molar-refractivity contribution >= 4 is 16.0 Å². The van der Waals surface area contributed by atoms with Crippen molar-refractivity contribution < 1.29 is 31.5 Å². The van der Waals surface area contributed by atoms with Crippen LogP contribution in [0, 0.1) is 0 Å². The van der Waals surface area contributed by atoms with Gasteiger partial charge in [-0.15, -0.1) is 0 Å². The fourth-order valence-corrected chi connectivity index (χ4v) is 2.17. The first-order chi connectivity index (χ1) is 7.63. The van der Waals surface area contributed by atoms with Crippen molar-refractivity contribution in [2.24, 2.45) is 0 Å².